The number of amides is 1. The molecule has 2 aromatic carbocycles. The number of nitrogens with one attached hydrogen (secondary N) is 1. The number of anilines is 1. The van der Waals surface area contributed by atoms with Crippen LogP contribution in [0.3, 0.4) is 0 Å². The molecule has 7 nitrogen and oxygen atoms in total. The summed E-state index contributed by atoms with van der Waals surface area (Å²) in [6, 6.07) is 14.3. The van der Waals surface area contributed by atoms with Crippen LogP contribution in [0.25, 0.3) is 0 Å². The molecule has 0 aliphatic heterocycles. The summed E-state index contributed by atoms with van der Waals surface area (Å²) in [5.74, 6) is 0.110. The molecule has 8 heteroatoms. The minimum atomic E-state index is -0.576. The number of hydrogen-bond acceptors (Lipinski definition) is 5. The molecular formula is C25H25ClN2O5. The first kappa shape index (κ1) is 21.9. The molecule has 0 saturated heterocycles. The van der Waals surface area contributed by atoms with Crippen molar-refractivity contribution in [3.8, 4) is 0 Å². The van der Waals surface area contributed by atoms with Crippen molar-refractivity contribution < 1.29 is 19.2 Å². The first-order chi connectivity index (χ1) is 15.8. The normalized spacial score (nSPS) is 29.5. The monoisotopic (exact) mass is 468 g/mol. The molecule has 4 bridgehead atoms. The van der Waals surface area contributed by atoms with Crippen LogP contribution in [0.1, 0.15) is 44.1 Å². The number of halogens is 1. The van der Waals surface area contributed by atoms with Crippen LogP contribution in [0.5, 0.6) is 0 Å². The predicted molar refractivity (Wildman–Crippen MR) is 123 cm³/mol. The van der Waals surface area contributed by atoms with E-state index in [1.54, 1.807) is 0 Å². The quantitative estimate of drug-likeness (QED) is 0.354. The number of esters is 1. The fourth-order valence-electron chi connectivity index (χ4n) is 6.82. The van der Waals surface area contributed by atoms with E-state index in [1.165, 1.54) is 23.8 Å². The van der Waals surface area contributed by atoms with Gasteiger partial charge >= 0.3 is 5.97 Å². The van der Waals surface area contributed by atoms with Crippen LogP contribution in [0, 0.1) is 27.4 Å². The summed E-state index contributed by atoms with van der Waals surface area (Å²) >= 11 is 6.05. The third kappa shape index (κ3) is 3.99. The number of non-ortho nitro benzene ring substituents is 1. The molecule has 172 valence electrons. The van der Waals surface area contributed by atoms with Crippen molar-refractivity contribution in [2.75, 3.05) is 11.9 Å². The number of nitro groups is 1. The number of rotatable bonds is 6. The first-order valence-electron chi connectivity index (χ1n) is 11.3. The van der Waals surface area contributed by atoms with Gasteiger partial charge in [-0.15, -0.1) is 0 Å². The highest BCUT2D eigenvalue weighted by molar-refractivity contribution is 6.33. The standard InChI is InChI=1S/C25H25ClN2O5/c26-20-7-6-19(28(31)32)9-21(20)27-22(29)14-33-23(30)25-12-16-8-17(13-25)11-24(10-16,15-25)18-4-2-1-3-5-18/h1-7,9,16-17H,8,10-15H2,(H,27,29). The van der Waals surface area contributed by atoms with Crippen molar-refractivity contribution in [2.24, 2.45) is 17.3 Å². The number of nitro benzene ring substituents is 1. The molecular weight excluding hydrogens is 444 g/mol. The van der Waals surface area contributed by atoms with Crippen LogP contribution in [0.4, 0.5) is 11.4 Å². The molecule has 0 heterocycles. The first-order valence-corrected chi connectivity index (χ1v) is 11.6. The van der Waals surface area contributed by atoms with E-state index in [0.29, 0.717) is 11.8 Å². The lowest BCUT2D eigenvalue weighted by molar-refractivity contribution is -0.384. The second kappa shape index (κ2) is 8.13. The third-order valence-corrected chi connectivity index (χ3v) is 7.98. The van der Waals surface area contributed by atoms with Crippen molar-refractivity contribution in [1.29, 1.82) is 0 Å². The molecule has 1 amide bonds. The molecule has 33 heavy (non-hydrogen) atoms. The Labute approximate surface area is 196 Å². The maximum Gasteiger partial charge on any atom is 0.312 e. The van der Waals surface area contributed by atoms with Gasteiger partial charge in [-0.1, -0.05) is 41.9 Å². The Kier molecular flexibility index (Phi) is 5.40. The van der Waals surface area contributed by atoms with Gasteiger partial charge in [0.25, 0.3) is 11.6 Å². The number of carbonyl (C=O) groups excluding carboxylic acids is 2. The molecule has 0 radical (unpaired) electrons. The van der Waals surface area contributed by atoms with E-state index in [4.69, 9.17) is 16.3 Å². The third-order valence-electron chi connectivity index (χ3n) is 7.65. The van der Waals surface area contributed by atoms with Crippen LogP contribution in [-0.4, -0.2) is 23.4 Å². The van der Waals surface area contributed by atoms with Crippen molar-refractivity contribution in [3.63, 3.8) is 0 Å². The molecule has 0 aromatic heterocycles. The fraction of sp³-hybridized carbons (Fsp3) is 0.440. The number of nitrogens with zero attached hydrogens (tertiary/aromatic N) is 1. The van der Waals surface area contributed by atoms with Gasteiger partial charge in [-0.25, -0.2) is 0 Å². The number of carbonyl (C=O) groups is 2. The molecule has 4 aliphatic carbocycles. The topological polar surface area (TPSA) is 98.5 Å². The van der Waals surface area contributed by atoms with Crippen LogP contribution < -0.4 is 5.32 Å². The highest BCUT2D eigenvalue weighted by Crippen LogP contribution is 2.66. The Morgan fingerprint density at radius 3 is 2.45 bits per heavy atom. The van der Waals surface area contributed by atoms with Crippen molar-refractivity contribution in [2.45, 2.75) is 43.9 Å². The SMILES string of the molecule is O=C(COC(=O)C12CC3CC(C1)CC(c1ccccc1)(C3)C2)Nc1cc([N+](=O)[O-])ccc1Cl. The smallest absolute Gasteiger partial charge is 0.312 e. The van der Waals surface area contributed by atoms with Gasteiger partial charge in [0.15, 0.2) is 6.61 Å². The van der Waals surface area contributed by atoms with Crippen LogP contribution in [0.15, 0.2) is 48.5 Å². The number of benzene rings is 2. The Morgan fingerprint density at radius 1 is 1.09 bits per heavy atom. The number of hydrogen-bond donors (Lipinski definition) is 1. The molecule has 4 saturated carbocycles. The average molecular weight is 469 g/mol. The van der Waals surface area contributed by atoms with Gasteiger partial charge in [-0.2, -0.15) is 0 Å². The minimum absolute atomic E-state index is 0.00310. The minimum Gasteiger partial charge on any atom is -0.455 e. The lowest BCUT2D eigenvalue weighted by Crippen LogP contribution is -2.57. The van der Waals surface area contributed by atoms with Crippen LogP contribution in [0.2, 0.25) is 5.02 Å². The van der Waals surface area contributed by atoms with E-state index in [2.05, 4.69) is 29.6 Å². The van der Waals surface area contributed by atoms with Gasteiger partial charge in [0, 0.05) is 12.1 Å². The van der Waals surface area contributed by atoms with E-state index in [0.717, 1.165) is 38.5 Å². The molecule has 4 aliphatic rings. The summed E-state index contributed by atoms with van der Waals surface area (Å²) < 4.78 is 5.53. The average Bonchev–Trinajstić information content (AvgIpc) is 2.78. The second-order valence-corrected chi connectivity index (χ2v) is 10.3. The molecule has 2 atom stereocenters. The van der Waals surface area contributed by atoms with E-state index in [-0.39, 0.29) is 27.8 Å². The van der Waals surface area contributed by atoms with Crippen molar-refractivity contribution in [3.05, 3.63) is 69.2 Å². The predicted octanol–water partition coefficient (Wildman–Crippen LogP) is 5.27. The summed E-state index contributed by atoms with van der Waals surface area (Å²) in [6.07, 6.45) is 5.76. The summed E-state index contributed by atoms with van der Waals surface area (Å²) in [7, 11) is 0. The maximum absolute atomic E-state index is 13.3. The highest BCUT2D eigenvalue weighted by Gasteiger charge is 2.61. The van der Waals surface area contributed by atoms with E-state index in [9.17, 15) is 19.7 Å². The number of ether oxygens (including phenoxy) is 1. The van der Waals surface area contributed by atoms with Crippen LogP contribution >= 0.6 is 11.6 Å². The van der Waals surface area contributed by atoms with E-state index < -0.39 is 22.9 Å². The summed E-state index contributed by atoms with van der Waals surface area (Å²) in [5, 5.41) is 13.7. The molecule has 0 spiro atoms. The van der Waals surface area contributed by atoms with Gasteiger partial charge < -0.3 is 10.1 Å². The molecule has 2 aromatic rings. The zero-order valence-electron chi connectivity index (χ0n) is 18.1. The van der Waals surface area contributed by atoms with Crippen molar-refractivity contribution >= 4 is 34.9 Å². The fourth-order valence-corrected chi connectivity index (χ4v) is 6.99. The Morgan fingerprint density at radius 2 is 1.79 bits per heavy atom. The van der Waals surface area contributed by atoms with Gasteiger partial charge in [-0.05, 0) is 67.4 Å². The molecule has 2 unspecified atom stereocenters. The van der Waals surface area contributed by atoms with Gasteiger partial charge in [-0.3, -0.25) is 19.7 Å². The van der Waals surface area contributed by atoms with Crippen LogP contribution in [-0.2, 0) is 19.7 Å². The largest absolute Gasteiger partial charge is 0.455 e. The zero-order chi connectivity index (χ0) is 23.2. The zero-order valence-corrected chi connectivity index (χ0v) is 18.8. The van der Waals surface area contributed by atoms with Crippen molar-refractivity contribution in [1.82, 2.24) is 0 Å². The summed E-state index contributed by atoms with van der Waals surface area (Å²) in [4.78, 5) is 36.2. The second-order valence-electron chi connectivity index (χ2n) is 9.93. The summed E-state index contributed by atoms with van der Waals surface area (Å²) in [6.45, 7) is -0.451. The lowest BCUT2D eigenvalue weighted by atomic mass is 9.43. The van der Waals surface area contributed by atoms with Gasteiger partial charge in [0.05, 0.1) is 21.0 Å². The Balaban J connectivity index is 1.28. The molecule has 6 rings (SSSR count). The van der Waals surface area contributed by atoms with E-state index >= 15 is 0 Å². The summed E-state index contributed by atoms with van der Waals surface area (Å²) in [5.41, 5.74) is 0.678. The Hall–Kier alpha value is -2.93. The Bertz CT molecular complexity index is 1110. The lowest BCUT2D eigenvalue weighted by Gasteiger charge is -2.61. The molecule has 1 N–H and O–H groups in total. The van der Waals surface area contributed by atoms with Gasteiger partial charge in [0.1, 0.15) is 0 Å². The maximum atomic E-state index is 13.3. The van der Waals surface area contributed by atoms with E-state index in [1.807, 2.05) is 6.07 Å². The molecule has 4 fully saturated rings. The highest BCUT2D eigenvalue weighted by atomic mass is 35.5. The van der Waals surface area contributed by atoms with Gasteiger partial charge in [0.2, 0.25) is 0 Å².